The van der Waals surface area contributed by atoms with Gasteiger partial charge < -0.3 is 4.57 Å². The van der Waals surface area contributed by atoms with Gasteiger partial charge in [-0.3, -0.25) is 0 Å². The lowest BCUT2D eigenvalue weighted by Gasteiger charge is -2.06. The number of nitrogens with zero attached hydrogens (tertiary/aromatic N) is 2. The van der Waals surface area contributed by atoms with Crippen molar-refractivity contribution in [3.8, 4) is 11.3 Å². The molecule has 2 nitrogen and oxygen atoms in total. The molecule has 3 aromatic rings. The predicted octanol–water partition coefficient (Wildman–Crippen LogP) is 5.80. The first kappa shape index (κ1) is 15.7. The van der Waals surface area contributed by atoms with E-state index in [1.165, 1.54) is 5.56 Å². The quantitative estimate of drug-likeness (QED) is 0.522. The maximum atomic E-state index is 5.94. The molecule has 0 atom stereocenters. The van der Waals surface area contributed by atoms with Crippen molar-refractivity contribution in [2.24, 2.45) is 7.05 Å². The van der Waals surface area contributed by atoms with Gasteiger partial charge in [0.05, 0.1) is 11.9 Å². The van der Waals surface area contributed by atoms with E-state index in [0.717, 1.165) is 31.7 Å². The number of rotatable bonds is 4. The van der Waals surface area contributed by atoms with E-state index < -0.39 is 0 Å². The molecule has 0 radical (unpaired) electrons. The Hall–Kier alpha value is -1.23. The van der Waals surface area contributed by atoms with E-state index in [2.05, 4.69) is 49.7 Å². The Bertz CT molecular complexity index is 766. The molecule has 0 fully saturated rings. The fourth-order valence-electron chi connectivity index (χ4n) is 2.14. The molecule has 0 unspecified atom stereocenters. The van der Waals surface area contributed by atoms with Crippen molar-refractivity contribution in [2.75, 3.05) is 0 Å². The molecule has 0 saturated carbocycles. The maximum absolute atomic E-state index is 5.94. The van der Waals surface area contributed by atoms with E-state index in [4.69, 9.17) is 11.6 Å². The van der Waals surface area contributed by atoms with Gasteiger partial charge in [-0.25, -0.2) is 4.98 Å². The molecule has 0 aliphatic heterocycles. The third-order valence-corrected chi connectivity index (χ3v) is 5.26. The molecule has 5 heteroatoms. The first-order valence-corrected chi connectivity index (χ1v) is 8.94. The average molecular weight is 394 g/mol. The fraction of sp³-hybridized carbons (Fsp3) is 0.118. The highest BCUT2D eigenvalue weighted by Crippen LogP contribution is 2.28. The van der Waals surface area contributed by atoms with Crippen LogP contribution in [0.3, 0.4) is 0 Å². The van der Waals surface area contributed by atoms with Gasteiger partial charge in [-0.15, -0.1) is 0 Å². The van der Waals surface area contributed by atoms with Crippen molar-refractivity contribution in [1.82, 2.24) is 9.55 Å². The third kappa shape index (κ3) is 3.57. The highest BCUT2D eigenvalue weighted by Gasteiger charge is 2.09. The van der Waals surface area contributed by atoms with Gasteiger partial charge in [0.1, 0.15) is 0 Å². The molecular formula is C17H14BrClN2S. The third-order valence-electron chi connectivity index (χ3n) is 3.37. The van der Waals surface area contributed by atoms with Gasteiger partial charge >= 0.3 is 0 Å². The van der Waals surface area contributed by atoms with E-state index >= 15 is 0 Å². The van der Waals surface area contributed by atoms with Crippen LogP contribution in [0.5, 0.6) is 0 Å². The van der Waals surface area contributed by atoms with Gasteiger partial charge in [0.2, 0.25) is 0 Å². The Kier molecular flexibility index (Phi) is 4.91. The van der Waals surface area contributed by atoms with Gasteiger partial charge in [-0.1, -0.05) is 63.6 Å². The molecule has 0 N–H and O–H groups in total. The lowest BCUT2D eigenvalue weighted by molar-refractivity contribution is 0.796. The fourth-order valence-corrected chi connectivity index (χ4v) is 3.44. The Morgan fingerprint density at radius 3 is 2.45 bits per heavy atom. The van der Waals surface area contributed by atoms with Crippen LogP contribution in [0.4, 0.5) is 0 Å². The Morgan fingerprint density at radius 1 is 1.09 bits per heavy atom. The Morgan fingerprint density at radius 2 is 1.77 bits per heavy atom. The topological polar surface area (TPSA) is 17.8 Å². The number of halogens is 2. The SMILES string of the molecule is Cn1c(-c2ccc(Cl)cc2)cnc1SCc1ccc(Br)cc1. The van der Waals surface area contributed by atoms with E-state index in [1.807, 2.05) is 37.5 Å². The maximum Gasteiger partial charge on any atom is 0.168 e. The van der Waals surface area contributed by atoms with Gasteiger partial charge in [0, 0.05) is 22.3 Å². The smallest absolute Gasteiger partial charge is 0.168 e. The molecule has 0 aliphatic carbocycles. The number of hydrogen-bond acceptors (Lipinski definition) is 2. The number of benzene rings is 2. The summed E-state index contributed by atoms with van der Waals surface area (Å²) in [6, 6.07) is 16.2. The normalized spacial score (nSPS) is 10.9. The average Bonchev–Trinajstić information content (AvgIpc) is 2.89. The molecule has 0 aliphatic rings. The van der Waals surface area contributed by atoms with Crippen molar-refractivity contribution in [2.45, 2.75) is 10.9 Å². The highest BCUT2D eigenvalue weighted by molar-refractivity contribution is 9.10. The molecule has 1 heterocycles. The van der Waals surface area contributed by atoms with Gasteiger partial charge in [-0.05, 0) is 35.4 Å². The van der Waals surface area contributed by atoms with Crippen LogP contribution in [0.2, 0.25) is 5.02 Å². The summed E-state index contributed by atoms with van der Waals surface area (Å²) in [4.78, 5) is 4.53. The molecule has 112 valence electrons. The van der Waals surface area contributed by atoms with Crippen LogP contribution in [-0.4, -0.2) is 9.55 Å². The lowest BCUT2D eigenvalue weighted by Crippen LogP contribution is -1.94. The predicted molar refractivity (Wildman–Crippen MR) is 97.4 cm³/mol. The summed E-state index contributed by atoms with van der Waals surface area (Å²) in [5, 5.41) is 1.75. The standard InChI is InChI=1S/C17H14BrClN2S/c1-21-16(13-4-8-15(19)9-5-13)10-20-17(21)22-11-12-2-6-14(18)7-3-12/h2-10H,11H2,1H3. The first-order valence-electron chi connectivity index (χ1n) is 6.78. The number of hydrogen-bond donors (Lipinski definition) is 0. The minimum Gasteiger partial charge on any atom is -0.322 e. The zero-order chi connectivity index (χ0) is 15.5. The summed E-state index contributed by atoms with van der Waals surface area (Å²) in [7, 11) is 2.04. The second-order valence-electron chi connectivity index (χ2n) is 4.91. The largest absolute Gasteiger partial charge is 0.322 e. The van der Waals surface area contributed by atoms with Crippen molar-refractivity contribution in [1.29, 1.82) is 0 Å². The second-order valence-corrected chi connectivity index (χ2v) is 7.20. The van der Waals surface area contributed by atoms with Crippen LogP contribution in [0.1, 0.15) is 5.56 Å². The van der Waals surface area contributed by atoms with Crippen molar-refractivity contribution in [3.05, 3.63) is 69.8 Å². The van der Waals surface area contributed by atoms with E-state index in [0.29, 0.717) is 0 Å². The van der Waals surface area contributed by atoms with Crippen LogP contribution in [-0.2, 0) is 12.8 Å². The first-order chi connectivity index (χ1) is 10.6. The number of thioether (sulfide) groups is 1. The highest BCUT2D eigenvalue weighted by atomic mass is 79.9. The summed E-state index contributed by atoms with van der Waals surface area (Å²) < 4.78 is 3.22. The van der Waals surface area contributed by atoms with Gasteiger partial charge in [-0.2, -0.15) is 0 Å². The Balaban J connectivity index is 1.75. The summed E-state index contributed by atoms with van der Waals surface area (Å²) in [6.07, 6.45) is 1.91. The molecule has 0 amide bonds. The molecule has 1 aromatic heterocycles. The van der Waals surface area contributed by atoms with Gasteiger partial charge in [0.15, 0.2) is 5.16 Å². The summed E-state index contributed by atoms with van der Waals surface area (Å²) in [5.74, 6) is 0.901. The second kappa shape index (κ2) is 6.90. The molecule has 22 heavy (non-hydrogen) atoms. The number of imidazole rings is 1. The molecule has 3 rings (SSSR count). The molecular weight excluding hydrogens is 380 g/mol. The minimum atomic E-state index is 0.746. The monoisotopic (exact) mass is 392 g/mol. The van der Waals surface area contributed by atoms with Gasteiger partial charge in [0.25, 0.3) is 0 Å². The minimum absolute atomic E-state index is 0.746. The van der Waals surface area contributed by atoms with E-state index in [9.17, 15) is 0 Å². The zero-order valence-electron chi connectivity index (χ0n) is 12.0. The van der Waals surface area contributed by atoms with E-state index in [-0.39, 0.29) is 0 Å². The summed E-state index contributed by atoms with van der Waals surface area (Å²) in [6.45, 7) is 0. The zero-order valence-corrected chi connectivity index (χ0v) is 15.1. The molecule has 0 bridgehead atoms. The van der Waals surface area contributed by atoms with Crippen molar-refractivity contribution in [3.63, 3.8) is 0 Å². The summed E-state index contributed by atoms with van der Waals surface area (Å²) in [5.41, 5.74) is 3.49. The van der Waals surface area contributed by atoms with Crippen molar-refractivity contribution >= 4 is 39.3 Å². The van der Waals surface area contributed by atoms with Crippen molar-refractivity contribution < 1.29 is 0 Å². The molecule has 2 aromatic carbocycles. The summed E-state index contributed by atoms with van der Waals surface area (Å²) >= 11 is 11.1. The van der Waals surface area contributed by atoms with Crippen LogP contribution < -0.4 is 0 Å². The van der Waals surface area contributed by atoms with Crippen LogP contribution in [0.25, 0.3) is 11.3 Å². The number of aromatic nitrogens is 2. The van der Waals surface area contributed by atoms with Crippen LogP contribution in [0.15, 0.2) is 64.4 Å². The lowest BCUT2D eigenvalue weighted by atomic mass is 10.2. The van der Waals surface area contributed by atoms with Crippen LogP contribution >= 0.6 is 39.3 Å². The molecule has 0 saturated heterocycles. The van der Waals surface area contributed by atoms with E-state index in [1.54, 1.807) is 11.8 Å². The van der Waals surface area contributed by atoms with Crippen LogP contribution in [0, 0.1) is 0 Å². The molecule has 0 spiro atoms. The Labute approximate surface area is 147 Å².